The summed E-state index contributed by atoms with van der Waals surface area (Å²) >= 11 is 0. The molecular formula is C12H15F3N4O. The van der Waals surface area contributed by atoms with Crippen molar-refractivity contribution in [1.82, 2.24) is 10.2 Å². The molecule has 5 nitrogen and oxygen atoms in total. The van der Waals surface area contributed by atoms with E-state index in [0.29, 0.717) is 18.7 Å². The number of amides is 1. The number of primary amides is 1. The first kappa shape index (κ1) is 14.5. The molecule has 20 heavy (non-hydrogen) atoms. The van der Waals surface area contributed by atoms with Crippen LogP contribution in [0.1, 0.15) is 36.2 Å². The van der Waals surface area contributed by atoms with Gasteiger partial charge in [-0.15, -0.1) is 10.2 Å². The predicted octanol–water partition coefficient (Wildman–Crippen LogP) is 2.11. The Morgan fingerprint density at radius 3 is 2.60 bits per heavy atom. The van der Waals surface area contributed by atoms with E-state index in [9.17, 15) is 18.0 Å². The highest BCUT2D eigenvalue weighted by molar-refractivity contribution is 5.90. The van der Waals surface area contributed by atoms with E-state index in [1.54, 1.807) is 0 Å². The predicted molar refractivity (Wildman–Crippen MR) is 66.0 cm³/mol. The van der Waals surface area contributed by atoms with Crippen LogP contribution in [0.25, 0.3) is 0 Å². The van der Waals surface area contributed by atoms with Crippen molar-refractivity contribution in [2.24, 2.45) is 11.7 Å². The van der Waals surface area contributed by atoms with Crippen LogP contribution in [0, 0.1) is 5.92 Å². The molecule has 0 spiro atoms. The second kappa shape index (κ2) is 5.64. The van der Waals surface area contributed by atoms with Crippen molar-refractivity contribution in [2.45, 2.75) is 37.9 Å². The van der Waals surface area contributed by atoms with Crippen LogP contribution >= 0.6 is 0 Å². The first-order chi connectivity index (χ1) is 9.36. The highest BCUT2D eigenvalue weighted by Crippen LogP contribution is 2.38. The van der Waals surface area contributed by atoms with Gasteiger partial charge in [0, 0.05) is 6.04 Å². The van der Waals surface area contributed by atoms with Crippen LogP contribution in [0.4, 0.5) is 19.0 Å². The fourth-order valence-electron chi connectivity index (χ4n) is 2.37. The molecule has 110 valence electrons. The highest BCUT2D eigenvalue weighted by atomic mass is 19.4. The molecular weight excluding hydrogens is 273 g/mol. The van der Waals surface area contributed by atoms with Gasteiger partial charge in [0.1, 0.15) is 5.82 Å². The highest BCUT2D eigenvalue weighted by Gasteiger charge is 2.42. The zero-order chi connectivity index (χ0) is 14.8. The molecule has 0 aliphatic heterocycles. The number of nitrogens with one attached hydrogen (secondary N) is 1. The average molecular weight is 288 g/mol. The van der Waals surface area contributed by atoms with Crippen LogP contribution in [0.2, 0.25) is 0 Å². The minimum absolute atomic E-state index is 0.0207. The molecule has 1 aromatic heterocycles. The number of nitrogens with zero attached hydrogens (tertiary/aromatic N) is 2. The zero-order valence-electron chi connectivity index (χ0n) is 10.7. The SMILES string of the molecule is NC(=O)c1ccc(NC2CCCC(C(F)(F)F)C2)nn1. The fraction of sp³-hybridized carbons (Fsp3) is 0.583. The molecule has 1 heterocycles. The maximum absolute atomic E-state index is 12.7. The van der Waals surface area contributed by atoms with Gasteiger partial charge in [-0.05, 0) is 31.4 Å². The van der Waals surface area contributed by atoms with Crippen LogP contribution < -0.4 is 11.1 Å². The first-order valence-corrected chi connectivity index (χ1v) is 6.33. The number of halogens is 3. The monoisotopic (exact) mass is 288 g/mol. The summed E-state index contributed by atoms with van der Waals surface area (Å²) < 4.78 is 38.1. The van der Waals surface area contributed by atoms with Gasteiger partial charge in [0.05, 0.1) is 5.92 Å². The summed E-state index contributed by atoms with van der Waals surface area (Å²) in [4.78, 5) is 10.8. The van der Waals surface area contributed by atoms with Gasteiger partial charge in [-0.1, -0.05) is 6.42 Å². The summed E-state index contributed by atoms with van der Waals surface area (Å²) in [6.45, 7) is 0. The van der Waals surface area contributed by atoms with E-state index < -0.39 is 18.0 Å². The maximum atomic E-state index is 12.7. The van der Waals surface area contributed by atoms with E-state index in [0.717, 1.165) is 0 Å². The molecule has 0 bridgehead atoms. The average Bonchev–Trinajstić information content (AvgIpc) is 2.38. The minimum Gasteiger partial charge on any atom is -0.366 e. The molecule has 2 atom stereocenters. The Morgan fingerprint density at radius 1 is 1.30 bits per heavy atom. The van der Waals surface area contributed by atoms with Gasteiger partial charge >= 0.3 is 6.18 Å². The van der Waals surface area contributed by atoms with Crippen molar-refractivity contribution in [3.8, 4) is 0 Å². The first-order valence-electron chi connectivity index (χ1n) is 6.33. The number of hydrogen-bond donors (Lipinski definition) is 2. The second-order valence-electron chi connectivity index (χ2n) is 4.91. The molecule has 8 heteroatoms. The van der Waals surface area contributed by atoms with Crippen molar-refractivity contribution >= 4 is 11.7 Å². The summed E-state index contributed by atoms with van der Waals surface area (Å²) in [7, 11) is 0. The fourth-order valence-corrected chi connectivity index (χ4v) is 2.37. The summed E-state index contributed by atoms with van der Waals surface area (Å²) in [5.74, 6) is -1.62. The third kappa shape index (κ3) is 3.58. The van der Waals surface area contributed by atoms with Gasteiger partial charge in [-0.25, -0.2) is 0 Å². The van der Waals surface area contributed by atoms with Crippen LogP contribution in [-0.4, -0.2) is 28.3 Å². The van der Waals surface area contributed by atoms with Crippen molar-refractivity contribution in [3.05, 3.63) is 17.8 Å². The molecule has 1 saturated carbocycles. The Bertz CT molecular complexity index is 475. The Balaban J connectivity index is 1.97. The van der Waals surface area contributed by atoms with E-state index in [2.05, 4.69) is 15.5 Å². The Hall–Kier alpha value is -1.86. The van der Waals surface area contributed by atoms with Gasteiger partial charge in [0.15, 0.2) is 5.69 Å². The van der Waals surface area contributed by atoms with Gasteiger partial charge < -0.3 is 11.1 Å². The largest absolute Gasteiger partial charge is 0.391 e. The van der Waals surface area contributed by atoms with Crippen LogP contribution in [0.3, 0.4) is 0 Å². The van der Waals surface area contributed by atoms with Gasteiger partial charge in [0.25, 0.3) is 5.91 Å². The third-order valence-corrected chi connectivity index (χ3v) is 3.41. The molecule has 0 radical (unpaired) electrons. The zero-order valence-corrected chi connectivity index (χ0v) is 10.7. The summed E-state index contributed by atoms with van der Waals surface area (Å²) in [5.41, 5.74) is 5.05. The van der Waals surface area contributed by atoms with Crippen LogP contribution in [-0.2, 0) is 0 Å². The van der Waals surface area contributed by atoms with Gasteiger partial charge in [-0.3, -0.25) is 4.79 Å². The number of aromatic nitrogens is 2. The number of anilines is 1. The van der Waals surface area contributed by atoms with E-state index in [-0.39, 0.29) is 24.6 Å². The minimum atomic E-state index is -4.15. The van der Waals surface area contributed by atoms with E-state index in [1.807, 2.05) is 0 Å². The summed E-state index contributed by atoms with van der Waals surface area (Å²) in [5, 5.41) is 10.3. The van der Waals surface area contributed by atoms with Crippen LogP contribution in [0.5, 0.6) is 0 Å². The van der Waals surface area contributed by atoms with E-state index >= 15 is 0 Å². The number of hydrogen-bond acceptors (Lipinski definition) is 4. The normalized spacial score (nSPS) is 23.4. The Kier molecular flexibility index (Phi) is 4.10. The second-order valence-corrected chi connectivity index (χ2v) is 4.91. The third-order valence-electron chi connectivity index (χ3n) is 3.41. The molecule has 1 amide bonds. The number of carbonyl (C=O) groups excluding carboxylic acids is 1. The molecule has 0 aromatic carbocycles. The lowest BCUT2D eigenvalue weighted by Crippen LogP contribution is -2.34. The molecule has 1 aliphatic rings. The summed E-state index contributed by atoms with van der Waals surface area (Å²) in [6, 6.07) is 2.59. The number of rotatable bonds is 3. The molecule has 0 saturated heterocycles. The van der Waals surface area contributed by atoms with Gasteiger partial charge in [0.2, 0.25) is 0 Å². The van der Waals surface area contributed by atoms with E-state index in [1.165, 1.54) is 12.1 Å². The van der Waals surface area contributed by atoms with Crippen molar-refractivity contribution in [3.63, 3.8) is 0 Å². The topological polar surface area (TPSA) is 80.9 Å². The number of alkyl halides is 3. The molecule has 1 aliphatic carbocycles. The lowest BCUT2D eigenvalue weighted by atomic mass is 9.85. The lowest BCUT2D eigenvalue weighted by molar-refractivity contribution is -0.182. The smallest absolute Gasteiger partial charge is 0.366 e. The Labute approximate surface area is 113 Å². The van der Waals surface area contributed by atoms with Crippen molar-refractivity contribution in [1.29, 1.82) is 0 Å². The maximum Gasteiger partial charge on any atom is 0.391 e. The van der Waals surface area contributed by atoms with Crippen LogP contribution in [0.15, 0.2) is 12.1 Å². The lowest BCUT2D eigenvalue weighted by Gasteiger charge is -2.31. The van der Waals surface area contributed by atoms with Gasteiger partial charge in [-0.2, -0.15) is 13.2 Å². The molecule has 2 rings (SSSR count). The number of carbonyl (C=O) groups is 1. The van der Waals surface area contributed by atoms with Crippen molar-refractivity contribution in [2.75, 3.05) is 5.32 Å². The van der Waals surface area contributed by atoms with E-state index in [4.69, 9.17) is 5.73 Å². The summed E-state index contributed by atoms with van der Waals surface area (Å²) in [6.07, 6.45) is -2.76. The standard InChI is InChI=1S/C12H15F3N4O/c13-12(14,15)7-2-1-3-8(6-7)17-10-5-4-9(11(16)20)18-19-10/h4-5,7-8H,1-3,6H2,(H2,16,20)(H,17,19). The van der Waals surface area contributed by atoms with Crippen molar-refractivity contribution < 1.29 is 18.0 Å². The molecule has 1 fully saturated rings. The molecule has 3 N–H and O–H groups in total. The molecule has 1 aromatic rings. The molecule has 2 unspecified atom stereocenters. The Morgan fingerprint density at radius 2 is 2.05 bits per heavy atom. The number of nitrogens with two attached hydrogens (primary N) is 1. The quantitative estimate of drug-likeness (QED) is 0.892.